The van der Waals surface area contributed by atoms with E-state index in [1.807, 2.05) is 36.4 Å². The van der Waals surface area contributed by atoms with E-state index in [1.165, 1.54) is 15.0 Å². The molecule has 0 bridgehead atoms. The minimum Gasteiger partial charge on any atom is -0.287 e. The maximum absolute atomic E-state index is 12.8. The highest BCUT2D eigenvalue weighted by Crippen LogP contribution is 2.11. The van der Waals surface area contributed by atoms with Crippen molar-refractivity contribution in [1.82, 2.24) is 14.0 Å². The second-order valence-corrected chi connectivity index (χ2v) is 5.63. The molecule has 0 saturated heterocycles. The van der Waals surface area contributed by atoms with Crippen LogP contribution in [-0.4, -0.2) is 14.0 Å². The van der Waals surface area contributed by atoms with Crippen molar-refractivity contribution in [3.8, 4) is 6.07 Å². The van der Waals surface area contributed by atoms with E-state index >= 15 is 0 Å². The zero-order valence-electron chi connectivity index (χ0n) is 13.1. The standard InChI is InChI=1S/C19H12N4O2/c20-11-14-10-15-17(21-16-8-4-5-9-22(16)19(15)25)23(18(14)24)12-13-6-2-1-3-7-13/h1-10H,12H2. The maximum Gasteiger partial charge on any atom is 0.270 e. The van der Waals surface area contributed by atoms with Gasteiger partial charge in [-0.1, -0.05) is 36.4 Å². The first kappa shape index (κ1) is 14.8. The van der Waals surface area contributed by atoms with Crippen molar-refractivity contribution >= 4 is 16.7 Å². The Morgan fingerprint density at radius 2 is 1.76 bits per heavy atom. The average molecular weight is 328 g/mol. The van der Waals surface area contributed by atoms with Gasteiger partial charge in [0.1, 0.15) is 17.3 Å². The number of benzene rings is 1. The number of hydrogen-bond donors (Lipinski definition) is 0. The average Bonchev–Trinajstić information content (AvgIpc) is 2.65. The molecule has 3 heterocycles. The monoisotopic (exact) mass is 328 g/mol. The minimum atomic E-state index is -0.453. The summed E-state index contributed by atoms with van der Waals surface area (Å²) in [6, 6.07) is 17.8. The molecular formula is C19H12N4O2. The summed E-state index contributed by atoms with van der Waals surface area (Å²) in [5.74, 6) is 0. The third-order valence-electron chi connectivity index (χ3n) is 4.07. The molecule has 1 aromatic carbocycles. The summed E-state index contributed by atoms with van der Waals surface area (Å²) in [5, 5.41) is 9.53. The van der Waals surface area contributed by atoms with Gasteiger partial charge in [0, 0.05) is 6.20 Å². The van der Waals surface area contributed by atoms with Crippen molar-refractivity contribution in [1.29, 1.82) is 5.26 Å². The number of rotatable bonds is 2. The van der Waals surface area contributed by atoms with Crippen LogP contribution in [0.4, 0.5) is 0 Å². The Balaban J connectivity index is 2.12. The molecule has 0 amide bonds. The zero-order valence-corrected chi connectivity index (χ0v) is 13.1. The van der Waals surface area contributed by atoms with E-state index < -0.39 is 5.56 Å². The number of pyridine rings is 2. The molecule has 0 fully saturated rings. The van der Waals surface area contributed by atoms with Crippen LogP contribution in [0.1, 0.15) is 11.1 Å². The maximum atomic E-state index is 12.8. The molecule has 3 aromatic heterocycles. The third kappa shape index (κ3) is 2.39. The van der Waals surface area contributed by atoms with Gasteiger partial charge in [0.05, 0.1) is 11.9 Å². The van der Waals surface area contributed by atoms with Crippen LogP contribution in [0, 0.1) is 11.3 Å². The van der Waals surface area contributed by atoms with E-state index in [0.29, 0.717) is 5.65 Å². The predicted molar refractivity (Wildman–Crippen MR) is 93.5 cm³/mol. The van der Waals surface area contributed by atoms with E-state index in [1.54, 1.807) is 24.4 Å². The Morgan fingerprint density at radius 1 is 1.00 bits per heavy atom. The SMILES string of the molecule is N#Cc1cc2c(=O)n3ccccc3nc2n(Cc2ccccc2)c1=O. The summed E-state index contributed by atoms with van der Waals surface area (Å²) in [6.07, 6.45) is 1.61. The van der Waals surface area contributed by atoms with E-state index in [0.717, 1.165) is 5.56 Å². The first-order chi connectivity index (χ1) is 12.2. The Labute approximate surface area is 141 Å². The minimum absolute atomic E-state index is 0.0711. The summed E-state index contributed by atoms with van der Waals surface area (Å²) in [4.78, 5) is 29.9. The van der Waals surface area contributed by atoms with Gasteiger partial charge in [0.25, 0.3) is 11.1 Å². The number of nitriles is 1. The van der Waals surface area contributed by atoms with Crippen LogP contribution in [-0.2, 0) is 6.54 Å². The van der Waals surface area contributed by atoms with E-state index in [9.17, 15) is 14.9 Å². The van der Waals surface area contributed by atoms with Gasteiger partial charge < -0.3 is 0 Å². The van der Waals surface area contributed by atoms with Gasteiger partial charge >= 0.3 is 0 Å². The predicted octanol–water partition coefficient (Wildman–Crippen LogP) is 1.93. The first-order valence-electron chi connectivity index (χ1n) is 7.68. The lowest BCUT2D eigenvalue weighted by Crippen LogP contribution is -2.27. The van der Waals surface area contributed by atoms with Crippen molar-refractivity contribution in [2.75, 3.05) is 0 Å². The van der Waals surface area contributed by atoms with E-state index in [-0.39, 0.29) is 28.7 Å². The Morgan fingerprint density at radius 3 is 2.52 bits per heavy atom. The lowest BCUT2D eigenvalue weighted by atomic mass is 10.2. The molecule has 0 unspecified atom stereocenters. The van der Waals surface area contributed by atoms with Crippen LogP contribution >= 0.6 is 0 Å². The molecule has 0 aliphatic rings. The van der Waals surface area contributed by atoms with Crippen molar-refractivity contribution in [3.05, 3.63) is 92.6 Å². The highest BCUT2D eigenvalue weighted by atomic mass is 16.1. The summed E-state index contributed by atoms with van der Waals surface area (Å²) < 4.78 is 2.79. The van der Waals surface area contributed by atoms with Crippen LogP contribution in [0.25, 0.3) is 16.7 Å². The molecule has 0 radical (unpaired) electrons. The van der Waals surface area contributed by atoms with Crippen LogP contribution in [0.3, 0.4) is 0 Å². The number of nitrogens with zero attached hydrogens (tertiary/aromatic N) is 4. The summed E-state index contributed by atoms with van der Waals surface area (Å²) in [7, 11) is 0. The van der Waals surface area contributed by atoms with Crippen molar-refractivity contribution in [2.45, 2.75) is 6.54 Å². The normalized spacial score (nSPS) is 10.8. The zero-order chi connectivity index (χ0) is 17.4. The van der Waals surface area contributed by atoms with Gasteiger partial charge in [-0.15, -0.1) is 0 Å². The number of hydrogen-bond acceptors (Lipinski definition) is 4. The van der Waals surface area contributed by atoms with Gasteiger partial charge in [-0.25, -0.2) is 4.98 Å². The van der Waals surface area contributed by atoms with Crippen LogP contribution in [0.5, 0.6) is 0 Å². The second kappa shape index (κ2) is 5.73. The molecule has 25 heavy (non-hydrogen) atoms. The van der Waals surface area contributed by atoms with Gasteiger partial charge in [-0.3, -0.25) is 18.6 Å². The lowest BCUT2D eigenvalue weighted by molar-refractivity contribution is 0.778. The smallest absolute Gasteiger partial charge is 0.270 e. The van der Waals surface area contributed by atoms with E-state index in [2.05, 4.69) is 4.98 Å². The fourth-order valence-corrected chi connectivity index (χ4v) is 2.86. The largest absolute Gasteiger partial charge is 0.287 e. The van der Waals surface area contributed by atoms with Crippen LogP contribution < -0.4 is 11.1 Å². The summed E-state index contributed by atoms with van der Waals surface area (Å²) >= 11 is 0. The highest BCUT2D eigenvalue weighted by Gasteiger charge is 2.15. The fourth-order valence-electron chi connectivity index (χ4n) is 2.86. The quantitative estimate of drug-likeness (QED) is 0.527. The van der Waals surface area contributed by atoms with Gasteiger partial charge in [0.15, 0.2) is 5.65 Å². The molecule has 6 heteroatoms. The van der Waals surface area contributed by atoms with Crippen LogP contribution in [0.15, 0.2) is 70.4 Å². The van der Waals surface area contributed by atoms with Crippen molar-refractivity contribution < 1.29 is 0 Å². The fraction of sp³-hybridized carbons (Fsp3) is 0.0526. The molecule has 0 spiro atoms. The Hall–Kier alpha value is -3.72. The van der Waals surface area contributed by atoms with E-state index in [4.69, 9.17) is 0 Å². The molecule has 4 aromatic rings. The van der Waals surface area contributed by atoms with Crippen molar-refractivity contribution in [3.63, 3.8) is 0 Å². The van der Waals surface area contributed by atoms with Gasteiger partial charge in [0.2, 0.25) is 0 Å². The summed E-state index contributed by atoms with van der Waals surface area (Å²) in [6.45, 7) is 0.237. The lowest BCUT2D eigenvalue weighted by Gasteiger charge is -2.11. The Bertz CT molecular complexity index is 1260. The second-order valence-electron chi connectivity index (χ2n) is 5.63. The molecular weight excluding hydrogens is 316 g/mol. The van der Waals surface area contributed by atoms with Crippen molar-refractivity contribution in [2.24, 2.45) is 0 Å². The molecule has 0 saturated carbocycles. The molecule has 6 nitrogen and oxygen atoms in total. The van der Waals surface area contributed by atoms with Gasteiger partial charge in [-0.2, -0.15) is 5.26 Å². The first-order valence-corrected chi connectivity index (χ1v) is 7.68. The molecule has 120 valence electrons. The topological polar surface area (TPSA) is 80.2 Å². The Kier molecular flexibility index (Phi) is 3.40. The molecule has 0 aliphatic carbocycles. The number of fused-ring (bicyclic) bond motifs is 2. The highest BCUT2D eigenvalue weighted by molar-refractivity contribution is 5.77. The molecule has 0 atom stereocenters. The van der Waals surface area contributed by atoms with Gasteiger partial charge in [-0.05, 0) is 23.8 Å². The molecule has 4 rings (SSSR count). The molecule has 0 N–H and O–H groups in total. The summed E-state index contributed by atoms with van der Waals surface area (Å²) in [5.41, 5.74) is 0.786. The molecule has 0 aliphatic heterocycles. The third-order valence-corrected chi connectivity index (χ3v) is 4.07. The number of aromatic nitrogens is 3. The van der Waals surface area contributed by atoms with Crippen LogP contribution in [0.2, 0.25) is 0 Å².